The average molecular weight is 268 g/mol. The van der Waals surface area contributed by atoms with Gasteiger partial charge in [0.15, 0.2) is 0 Å². The first-order valence-electron chi connectivity index (χ1n) is 4.09. The van der Waals surface area contributed by atoms with Gasteiger partial charge in [0.25, 0.3) is 0 Å². The Morgan fingerprint density at radius 1 is 1.40 bits per heavy atom. The van der Waals surface area contributed by atoms with Crippen molar-refractivity contribution in [1.82, 2.24) is 0 Å². The standard InChI is InChI=1S/C6H15O6PS.Na/c1-3-6(14(10,11)12)4-5(2)13(7,8)9;/h5-6H,3-4H2,1-2H3,(H2,7,8,9)(H,10,11,12);/q;+1/p-1. The van der Waals surface area contributed by atoms with Crippen LogP contribution in [0.3, 0.4) is 0 Å². The van der Waals surface area contributed by atoms with Crippen molar-refractivity contribution in [2.75, 3.05) is 0 Å². The van der Waals surface area contributed by atoms with Crippen LogP contribution in [0.1, 0.15) is 26.7 Å². The minimum atomic E-state index is -4.46. The van der Waals surface area contributed by atoms with Crippen molar-refractivity contribution in [1.29, 1.82) is 0 Å². The molecule has 0 aromatic rings. The number of hydrogen-bond acceptors (Lipinski definition) is 4. The number of rotatable bonds is 5. The Morgan fingerprint density at radius 2 is 1.80 bits per heavy atom. The van der Waals surface area contributed by atoms with Crippen molar-refractivity contribution >= 4 is 17.7 Å². The van der Waals surface area contributed by atoms with Crippen LogP contribution in [0.25, 0.3) is 0 Å². The normalized spacial score (nSPS) is 16.6. The monoisotopic (exact) mass is 268 g/mol. The maximum Gasteiger partial charge on any atom is 1.00 e. The first-order chi connectivity index (χ1) is 6.09. The third kappa shape index (κ3) is 7.07. The molecule has 86 valence electrons. The Bertz CT molecular complexity index is 323. The summed E-state index contributed by atoms with van der Waals surface area (Å²) in [4.78, 5) is 17.4. The fraction of sp³-hybridized carbons (Fsp3) is 1.00. The van der Waals surface area contributed by atoms with E-state index in [1.54, 1.807) is 0 Å². The summed E-state index contributed by atoms with van der Waals surface area (Å²) in [6.07, 6.45) is -0.233. The average Bonchev–Trinajstić information content (AvgIpc) is 1.95. The van der Waals surface area contributed by atoms with E-state index in [4.69, 9.17) is 9.79 Å². The molecule has 0 saturated heterocycles. The van der Waals surface area contributed by atoms with Gasteiger partial charge in [-0.2, -0.15) is 0 Å². The van der Waals surface area contributed by atoms with Gasteiger partial charge in [0.05, 0.1) is 21.0 Å². The predicted molar refractivity (Wildman–Crippen MR) is 49.9 cm³/mol. The van der Waals surface area contributed by atoms with Crippen molar-refractivity contribution in [3.8, 4) is 0 Å². The molecule has 0 aliphatic rings. The SMILES string of the molecule is CCC(CC(C)P(=O)(O)O)S(=O)(=O)[O-].[Na+]. The fourth-order valence-electron chi connectivity index (χ4n) is 1.01. The first-order valence-corrected chi connectivity index (χ1v) is 7.24. The third-order valence-electron chi connectivity index (χ3n) is 2.04. The van der Waals surface area contributed by atoms with E-state index in [0.29, 0.717) is 0 Å². The minimum absolute atomic E-state index is 0. The summed E-state index contributed by atoms with van der Waals surface area (Å²) >= 11 is 0. The van der Waals surface area contributed by atoms with Crippen LogP contribution in [-0.4, -0.2) is 33.7 Å². The Balaban J connectivity index is 0. The molecule has 2 N–H and O–H groups in total. The second-order valence-corrected chi connectivity index (χ2v) is 6.91. The Labute approximate surface area is 112 Å². The van der Waals surface area contributed by atoms with Crippen molar-refractivity contribution in [2.24, 2.45) is 0 Å². The zero-order valence-electron chi connectivity index (χ0n) is 8.95. The van der Waals surface area contributed by atoms with Crippen LogP contribution in [-0.2, 0) is 14.7 Å². The molecule has 0 aliphatic heterocycles. The molecule has 0 aromatic carbocycles. The minimum Gasteiger partial charge on any atom is -0.748 e. The van der Waals surface area contributed by atoms with E-state index in [9.17, 15) is 17.5 Å². The van der Waals surface area contributed by atoms with Gasteiger partial charge in [0.2, 0.25) is 0 Å². The van der Waals surface area contributed by atoms with Crippen LogP contribution < -0.4 is 29.6 Å². The molecule has 0 saturated carbocycles. The van der Waals surface area contributed by atoms with Crippen LogP contribution in [0.4, 0.5) is 0 Å². The fourth-order valence-corrected chi connectivity index (χ4v) is 2.61. The zero-order valence-corrected chi connectivity index (χ0v) is 12.7. The van der Waals surface area contributed by atoms with Crippen LogP contribution in [0.5, 0.6) is 0 Å². The summed E-state index contributed by atoms with van der Waals surface area (Å²) in [5, 5.41) is -1.22. The van der Waals surface area contributed by atoms with Crippen LogP contribution in [0.15, 0.2) is 0 Å². The van der Waals surface area contributed by atoms with Gasteiger partial charge < -0.3 is 14.3 Å². The van der Waals surface area contributed by atoms with Gasteiger partial charge in [-0.15, -0.1) is 0 Å². The molecular weight excluding hydrogens is 254 g/mol. The molecule has 0 spiro atoms. The van der Waals surface area contributed by atoms with E-state index >= 15 is 0 Å². The van der Waals surface area contributed by atoms with Crippen molar-refractivity contribution in [3.63, 3.8) is 0 Å². The Hall–Kier alpha value is 1.06. The van der Waals surface area contributed by atoms with E-state index in [0.717, 1.165) is 0 Å². The van der Waals surface area contributed by atoms with Gasteiger partial charge in [0.1, 0.15) is 0 Å². The molecule has 2 atom stereocenters. The molecule has 0 bridgehead atoms. The summed E-state index contributed by atoms with van der Waals surface area (Å²) in [6.45, 7) is 2.72. The van der Waals surface area contributed by atoms with Crippen molar-refractivity contribution in [3.05, 3.63) is 0 Å². The summed E-state index contributed by atoms with van der Waals surface area (Å²) in [7, 11) is -8.76. The molecule has 6 nitrogen and oxygen atoms in total. The molecule has 0 fully saturated rings. The quantitative estimate of drug-likeness (QED) is 0.318. The van der Waals surface area contributed by atoms with E-state index in [-0.39, 0.29) is 42.4 Å². The van der Waals surface area contributed by atoms with Gasteiger partial charge in [0, 0.05) is 0 Å². The second-order valence-electron chi connectivity index (χ2n) is 3.20. The molecular formula is C6H14NaO6PS. The first kappa shape index (κ1) is 18.4. The van der Waals surface area contributed by atoms with Gasteiger partial charge in [-0.25, -0.2) is 8.42 Å². The van der Waals surface area contributed by atoms with Gasteiger partial charge in [-0.1, -0.05) is 13.8 Å². The van der Waals surface area contributed by atoms with E-state index in [1.165, 1.54) is 13.8 Å². The van der Waals surface area contributed by atoms with Crippen LogP contribution in [0.2, 0.25) is 0 Å². The molecule has 0 aromatic heterocycles. The topological polar surface area (TPSA) is 115 Å². The van der Waals surface area contributed by atoms with Gasteiger partial charge in [-0.05, 0) is 12.8 Å². The Morgan fingerprint density at radius 3 is 2.00 bits per heavy atom. The molecule has 0 rings (SSSR count). The molecule has 2 unspecified atom stereocenters. The van der Waals surface area contributed by atoms with E-state index in [1.807, 2.05) is 0 Å². The predicted octanol–water partition coefficient (Wildman–Crippen LogP) is -2.73. The van der Waals surface area contributed by atoms with Crippen molar-refractivity contribution in [2.45, 2.75) is 37.6 Å². The molecule has 9 heteroatoms. The largest absolute Gasteiger partial charge is 1.00 e. The summed E-state index contributed by atoms with van der Waals surface area (Å²) in [5.74, 6) is 0. The van der Waals surface area contributed by atoms with Crippen molar-refractivity contribution < 1.29 is 56.9 Å². The smallest absolute Gasteiger partial charge is 0.748 e. The number of hydrogen-bond donors (Lipinski definition) is 2. The van der Waals surface area contributed by atoms with Crippen LogP contribution >= 0.6 is 7.60 Å². The molecule has 0 aliphatic carbocycles. The van der Waals surface area contributed by atoms with Gasteiger partial charge in [-0.3, -0.25) is 4.57 Å². The second kappa shape index (κ2) is 6.71. The molecule has 0 radical (unpaired) electrons. The summed E-state index contributed by atoms with van der Waals surface area (Å²) < 4.78 is 42.6. The summed E-state index contributed by atoms with van der Waals surface area (Å²) in [6, 6.07) is 0. The third-order valence-corrected chi connectivity index (χ3v) is 4.74. The van der Waals surface area contributed by atoms with Gasteiger partial charge >= 0.3 is 37.2 Å². The maximum atomic E-state index is 10.7. The Kier molecular flexibility index (Phi) is 8.25. The van der Waals surface area contributed by atoms with Crippen LogP contribution in [0, 0.1) is 0 Å². The molecule has 15 heavy (non-hydrogen) atoms. The van der Waals surface area contributed by atoms with E-state index in [2.05, 4.69) is 0 Å². The van der Waals surface area contributed by atoms with E-state index < -0.39 is 28.6 Å². The maximum absolute atomic E-state index is 10.7. The molecule has 0 amide bonds. The zero-order chi connectivity index (χ0) is 11.6. The summed E-state index contributed by atoms with van der Waals surface area (Å²) in [5.41, 5.74) is -1.10. The molecule has 0 heterocycles.